The first-order valence-electron chi connectivity index (χ1n) is 5.78. The van der Waals surface area contributed by atoms with E-state index in [1.807, 2.05) is 30.3 Å². The Hall–Kier alpha value is -0.900. The van der Waals surface area contributed by atoms with Crippen LogP contribution >= 0.6 is 0 Å². The molecule has 1 saturated heterocycles. The molecule has 0 unspecified atom stereocenters. The van der Waals surface area contributed by atoms with Gasteiger partial charge >= 0.3 is 0 Å². The monoisotopic (exact) mass is 222 g/mol. The van der Waals surface area contributed by atoms with E-state index < -0.39 is 0 Å². The zero-order valence-corrected chi connectivity index (χ0v) is 9.34. The van der Waals surface area contributed by atoms with Crippen LogP contribution in [0.5, 0.6) is 0 Å². The average Bonchev–Trinajstić information content (AvgIpc) is 2.38. The molecule has 1 aromatic carbocycles. The van der Waals surface area contributed by atoms with Crippen molar-refractivity contribution in [2.45, 2.75) is 31.7 Å². The lowest BCUT2D eigenvalue weighted by molar-refractivity contribution is -0.126. The molecule has 88 valence electrons. The standard InChI is InChI=1S/C13H18O3/c14-9-13-12(7-4-8-15-13)16-10-11-5-2-1-3-6-11/h1-3,5-6,12-14H,4,7-10H2/t12-,13+/m0/s1. The molecular formula is C13H18O3. The second-order valence-electron chi connectivity index (χ2n) is 4.07. The van der Waals surface area contributed by atoms with Crippen molar-refractivity contribution in [1.29, 1.82) is 0 Å². The lowest BCUT2D eigenvalue weighted by Crippen LogP contribution is -2.38. The lowest BCUT2D eigenvalue weighted by Gasteiger charge is -2.30. The van der Waals surface area contributed by atoms with Crippen molar-refractivity contribution in [2.24, 2.45) is 0 Å². The Morgan fingerprint density at radius 1 is 1.31 bits per heavy atom. The third-order valence-electron chi connectivity index (χ3n) is 2.87. The fourth-order valence-electron chi connectivity index (χ4n) is 1.95. The number of aliphatic hydroxyl groups is 1. The van der Waals surface area contributed by atoms with Crippen LogP contribution in [-0.4, -0.2) is 30.5 Å². The molecular weight excluding hydrogens is 204 g/mol. The molecule has 0 saturated carbocycles. The quantitative estimate of drug-likeness (QED) is 0.843. The SMILES string of the molecule is OC[C@H]1OCCC[C@@H]1OCc1ccccc1. The first-order valence-corrected chi connectivity index (χ1v) is 5.78. The Morgan fingerprint density at radius 2 is 2.12 bits per heavy atom. The molecule has 0 spiro atoms. The van der Waals surface area contributed by atoms with E-state index in [1.165, 1.54) is 0 Å². The predicted octanol–water partition coefficient (Wildman–Crippen LogP) is 1.74. The Balaban J connectivity index is 1.84. The topological polar surface area (TPSA) is 38.7 Å². The molecule has 3 nitrogen and oxygen atoms in total. The number of ether oxygens (including phenoxy) is 2. The minimum Gasteiger partial charge on any atom is -0.394 e. The van der Waals surface area contributed by atoms with Gasteiger partial charge in [-0.05, 0) is 18.4 Å². The van der Waals surface area contributed by atoms with Gasteiger partial charge in [0, 0.05) is 6.61 Å². The summed E-state index contributed by atoms with van der Waals surface area (Å²) >= 11 is 0. The molecule has 1 aliphatic heterocycles. The molecule has 2 atom stereocenters. The van der Waals surface area contributed by atoms with Crippen molar-refractivity contribution in [1.82, 2.24) is 0 Å². The van der Waals surface area contributed by atoms with E-state index in [0.717, 1.165) is 25.0 Å². The summed E-state index contributed by atoms with van der Waals surface area (Å²) < 4.78 is 11.2. The number of rotatable bonds is 4. The summed E-state index contributed by atoms with van der Waals surface area (Å²) in [6.45, 7) is 1.36. The van der Waals surface area contributed by atoms with Gasteiger partial charge in [0.2, 0.25) is 0 Å². The molecule has 0 amide bonds. The van der Waals surface area contributed by atoms with Crippen LogP contribution in [0.15, 0.2) is 30.3 Å². The van der Waals surface area contributed by atoms with Gasteiger partial charge in [-0.2, -0.15) is 0 Å². The van der Waals surface area contributed by atoms with Crippen LogP contribution in [0, 0.1) is 0 Å². The van der Waals surface area contributed by atoms with Crippen LogP contribution in [0.25, 0.3) is 0 Å². The number of hydrogen-bond acceptors (Lipinski definition) is 3. The summed E-state index contributed by atoms with van der Waals surface area (Å²) in [5.41, 5.74) is 1.16. The number of benzene rings is 1. The summed E-state index contributed by atoms with van der Waals surface area (Å²) in [5.74, 6) is 0. The zero-order chi connectivity index (χ0) is 11.2. The average molecular weight is 222 g/mol. The second-order valence-corrected chi connectivity index (χ2v) is 4.07. The van der Waals surface area contributed by atoms with Gasteiger partial charge in [-0.1, -0.05) is 30.3 Å². The zero-order valence-electron chi connectivity index (χ0n) is 9.34. The normalized spacial score (nSPS) is 25.6. The summed E-state index contributed by atoms with van der Waals surface area (Å²) in [6, 6.07) is 10.1. The summed E-state index contributed by atoms with van der Waals surface area (Å²) in [5, 5.41) is 9.15. The van der Waals surface area contributed by atoms with Crippen molar-refractivity contribution in [3.63, 3.8) is 0 Å². The van der Waals surface area contributed by atoms with Gasteiger partial charge in [-0.25, -0.2) is 0 Å². The highest BCUT2D eigenvalue weighted by atomic mass is 16.5. The minimum atomic E-state index is -0.155. The second kappa shape index (κ2) is 5.99. The van der Waals surface area contributed by atoms with Crippen LogP contribution in [0.2, 0.25) is 0 Å². The maximum absolute atomic E-state index is 9.15. The van der Waals surface area contributed by atoms with Crippen LogP contribution in [0.3, 0.4) is 0 Å². The van der Waals surface area contributed by atoms with Gasteiger partial charge in [0.05, 0.1) is 19.3 Å². The first kappa shape index (κ1) is 11.6. The minimum absolute atomic E-state index is 0.0268. The van der Waals surface area contributed by atoms with Crippen LogP contribution in [0.4, 0.5) is 0 Å². The Bertz CT molecular complexity index is 299. The van der Waals surface area contributed by atoms with E-state index in [1.54, 1.807) is 0 Å². The van der Waals surface area contributed by atoms with E-state index in [0.29, 0.717) is 6.61 Å². The Labute approximate surface area is 96.0 Å². The van der Waals surface area contributed by atoms with E-state index >= 15 is 0 Å². The van der Waals surface area contributed by atoms with Crippen LogP contribution in [-0.2, 0) is 16.1 Å². The van der Waals surface area contributed by atoms with Crippen molar-refractivity contribution in [3.05, 3.63) is 35.9 Å². The van der Waals surface area contributed by atoms with Crippen molar-refractivity contribution in [3.8, 4) is 0 Å². The molecule has 1 N–H and O–H groups in total. The van der Waals surface area contributed by atoms with Gasteiger partial charge < -0.3 is 14.6 Å². The van der Waals surface area contributed by atoms with E-state index in [2.05, 4.69) is 0 Å². The van der Waals surface area contributed by atoms with E-state index in [9.17, 15) is 0 Å². The highest BCUT2D eigenvalue weighted by Gasteiger charge is 2.25. The fraction of sp³-hybridized carbons (Fsp3) is 0.538. The van der Waals surface area contributed by atoms with Gasteiger partial charge in [0.1, 0.15) is 6.10 Å². The van der Waals surface area contributed by atoms with E-state index in [-0.39, 0.29) is 18.8 Å². The molecule has 1 aliphatic rings. The van der Waals surface area contributed by atoms with Gasteiger partial charge in [-0.3, -0.25) is 0 Å². The molecule has 16 heavy (non-hydrogen) atoms. The molecule has 3 heteroatoms. The maximum atomic E-state index is 9.15. The highest BCUT2D eigenvalue weighted by Crippen LogP contribution is 2.18. The Morgan fingerprint density at radius 3 is 2.88 bits per heavy atom. The molecule has 0 radical (unpaired) electrons. The molecule has 0 aromatic heterocycles. The third kappa shape index (κ3) is 3.04. The van der Waals surface area contributed by atoms with Crippen molar-refractivity contribution < 1.29 is 14.6 Å². The van der Waals surface area contributed by atoms with E-state index in [4.69, 9.17) is 14.6 Å². The summed E-state index contributed by atoms with van der Waals surface area (Å²) in [6.07, 6.45) is 1.85. The summed E-state index contributed by atoms with van der Waals surface area (Å²) in [7, 11) is 0. The molecule has 0 bridgehead atoms. The van der Waals surface area contributed by atoms with Gasteiger partial charge in [0.25, 0.3) is 0 Å². The van der Waals surface area contributed by atoms with Crippen LogP contribution in [0.1, 0.15) is 18.4 Å². The van der Waals surface area contributed by atoms with Gasteiger partial charge in [0.15, 0.2) is 0 Å². The molecule has 1 heterocycles. The number of hydrogen-bond donors (Lipinski definition) is 1. The van der Waals surface area contributed by atoms with Crippen molar-refractivity contribution >= 4 is 0 Å². The van der Waals surface area contributed by atoms with Crippen LogP contribution < -0.4 is 0 Å². The number of aliphatic hydroxyl groups excluding tert-OH is 1. The fourth-order valence-corrected chi connectivity index (χ4v) is 1.95. The molecule has 1 fully saturated rings. The Kier molecular flexibility index (Phi) is 4.34. The predicted molar refractivity (Wildman–Crippen MR) is 61.1 cm³/mol. The van der Waals surface area contributed by atoms with Crippen molar-refractivity contribution in [2.75, 3.05) is 13.2 Å². The van der Waals surface area contributed by atoms with Gasteiger partial charge in [-0.15, -0.1) is 0 Å². The largest absolute Gasteiger partial charge is 0.394 e. The lowest BCUT2D eigenvalue weighted by atomic mass is 10.1. The summed E-state index contributed by atoms with van der Waals surface area (Å²) in [4.78, 5) is 0. The third-order valence-corrected chi connectivity index (χ3v) is 2.87. The smallest absolute Gasteiger partial charge is 0.107 e. The maximum Gasteiger partial charge on any atom is 0.107 e. The molecule has 0 aliphatic carbocycles. The molecule has 1 aromatic rings. The molecule has 2 rings (SSSR count). The highest BCUT2D eigenvalue weighted by molar-refractivity contribution is 5.13. The first-order chi connectivity index (χ1) is 7.90.